The molecule has 0 saturated heterocycles. The minimum Gasteiger partial charge on any atom is -0.256 e. The largest absolute Gasteiger partial charge is 0.256 e. The molecule has 1 aliphatic rings. The second-order valence-corrected chi connectivity index (χ2v) is 7.92. The third-order valence-electron chi connectivity index (χ3n) is 5.84. The zero-order valence-corrected chi connectivity index (χ0v) is 17.8. The monoisotopic (exact) mass is 426 g/mol. The van der Waals surface area contributed by atoms with E-state index in [1.165, 1.54) is 5.39 Å². The van der Waals surface area contributed by atoms with Gasteiger partial charge in [0.2, 0.25) is 5.71 Å². The highest BCUT2D eigenvalue weighted by Gasteiger charge is 2.24. The summed E-state index contributed by atoms with van der Waals surface area (Å²) < 4.78 is 1.93. The number of aromatic nitrogens is 2. The van der Waals surface area contributed by atoms with Gasteiger partial charge in [0.1, 0.15) is 5.22 Å². The van der Waals surface area contributed by atoms with Crippen LogP contribution in [0.1, 0.15) is 5.56 Å². The van der Waals surface area contributed by atoms with Gasteiger partial charge in [0.25, 0.3) is 0 Å². The highest BCUT2D eigenvalue weighted by Crippen LogP contribution is 2.29. The van der Waals surface area contributed by atoms with Crippen molar-refractivity contribution in [3.8, 4) is 22.5 Å². The maximum atomic E-state index is 4.66. The molecule has 5 heteroatoms. The molecule has 3 heterocycles. The van der Waals surface area contributed by atoms with Gasteiger partial charge in [0.05, 0.1) is 16.5 Å². The van der Waals surface area contributed by atoms with Crippen LogP contribution in [0, 0.1) is 0 Å². The maximum absolute atomic E-state index is 4.66. The number of nitrogens with zero attached hydrogens (tertiary/aromatic N) is 5. The van der Waals surface area contributed by atoms with Crippen molar-refractivity contribution in [2.75, 3.05) is 6.54 Å². The number of hydrogen-bond donors (Lipinski definition) is 0. The van der Waals surface area contributed by atoms with E-state index in [0.717, 1.165) is 44.9 Å². The molecule has 5 nitrogen and oxygen atoms in total. The minimum absolute atomic E-state index is 0.620. The molecule has 6 rings (SSSR count). The van der Waals surface area contributed by atoms with E-state index in [1.54, 1.807) is 0 Å². The molecule has 0 unspecified atom stereocenters. The van der Waals surface area contributed by atoms with E-state index in [4.69, 9.17) is 0 Å². The second-order valence-electron chi connectivity index (χ2n) is 7.92. The molecular weight excluding hydrogens is 406 g/mol. The van der Waals surface area contributed by atoms with E-state index in [1.807, 2.05) is 59.6 Å². The van der Waals surface area contributed by atoms with Gasteiger partial charge in [-0.2, -0.15) is 0 Å². The molecule has 0 radical (unpaired) electrons. The summed E-state index contributed by atoms with van der Waals surface area (Å²) in [6.07, 6.45) is 3.67. The number of pyridine rings is 2. The third kappa shape index (κ3) is 3.70. The predicted molar refractivity (Wildman–Crippen MR) is 131 cm³/mol. The first kappa shape index (κ1) is 19.2. The summed E-state index contributed by atoms with van der Waals surface area (Å²) in [5, 5.41) is 11.2. The topological polar surface area (TPSA) is 53.5 Å². The number of fused-ring (bicyclic) bond motifs is 1. The van der Waals surface area contributed by atoms with Crippen molar-refractivity contribution < 1.29 is 4.70 Å². The van der Waals surface area contributed by atoms with Crippen LogP contribution in [-0.2, 0) is 0 Å². The summed E-state index contributed by atoms with van der Waals surface area (Å²) in [4.78, 5) is 9.08. The average molecular weight is 427 g/mol. The van der Waals surface area contributed by atoms with Crippen LogP contribution in [0.15, 0.2) is 120 Å². The highest BCUT2D eigenvalue weighted by atomic mass is 15.5. The Bertz CT molecular complexity index is 1510. The number of rotatable bonds is 4. The van der Waals surface area contributed by atoms with Crippen LogP contribution in [0.5, 0.6) is 0 Å². The smallest absolute Gasteiger partial charge is 0.231 e. The maximum Gasteiger partial charge on any atom is 0.231 e. The molecule has 0 aliphatic carbocycles. The fourth-order valence-corrected chi connectivity index (χ4v) is 4.14. The van der Waals surface area contributed by atoms with E-state index in [9.17, 15) is 0 Å². The molecule has 0 fully saturated rings. The summed E-state index contributed by atoms with van der Waals surface area (Å²) in [6, 6.07) is 32.9. The van der Waals surface area contributed by atoms with Crippen molar-refractivity contribution >= 4 is 22.2 Å². The van der Waals surface area contributed by atoms with E-state index in [-0.39, 0.29) is 0 Å². The van der Waals surface area contributed by atoms with Crippen LogP contribution in [0.25, 0.3) is 33.3 Å². The zero-order chi connectivity index (χ0) is 22.0. The molecule has 2 aromatic heterocycles. The van der Waals surface area contributed by atoms with Crippen molar-refractivity contribution in [1.29, 1.82) is 0 Å². The van der Waals surface area contributed by atoms with Crippen molar-refractivity contribution in [1.82, 2.24) is 9.97 Å². The van der Waals surface area contributed by atoms with E-state index in [0.29, 0.717) is 6.54 Å². The minimum atomic E-state index is 0.620. The van der Waals surface area contributed by atoms with Crippen LogP contribution in [-0.4, -0.2) is 26.9 Å². The summed E-state index contributed by atoms with van der Waals surface area (Å²) in [6.45, 7) is 0.620. The first-order chi connectivity index (χ1) is 16.3. The van der Waals surface area contributed by atoms with Gasteiger partial charge in [-0.15, -0.1) is 4.70 Å². The Morgan fingerprint density at radius 1 is 0.636 bits per heavy atom. The van der Waals surface area contributed by atoms with Gasteiger partial charge in [-0.1, -0.05) is 54.6 Å². The molecule has 0 spiro atoms. The summed E-state index contributed by atoms with van der Waals surface area (Å²) in [7, 11) is 0. The lowest BCUT2D eigenvalue weighted by molar-refractivity contribution is -0.492. The van der Waals surface area contributed by atoms with Gasteiger partial charge in [0.15, 0.2) is 12.2 Å². The normalized spacial score (nSPS) is 13.1. The molecule has 0 saturated carbocycles. The van der Waals surface area contributed by atoms with E-state index in [2.05, 4.69) is 74.9 Å². The standard InChI is InChI=1S/C28H20N5/c1-2-9-25-20(6-1)15-17-30-28(25)23-7-5-8-24(18-23)33-19-27(31-32-33)22-13-11-21(12-14-22)26-10-3-4-16-29-26/h1-18H,19H2/q+1. The Hall–Kier alpha value is -4.51. The van der Waals surface area contributed by atoms with Crippen LogP contribution in [0.2, 0.25) is 0 Å². The summed E-state index contributed by atoms with van der Waals surface area (Å²) >= 11 is 0. The molecule has 33 heavy (non-hydrogen) atoms. The molecule has 1 aliphatic heterocycles. The summed E-state index contributed by atoms with van der Waals surface area (Å²) in [5.41, 5.74) is 7.08. The average Bonchev–Trinajstić information content (AvgIpc) is 3.40. The fourth-order valence-electron chi connectivity index (χ4n) is 4.14. The molecule has 156 valence electrons. The van der Waals surface area contributed by atoms with E-state index >= 15 is 0 Å². The van der Waals surface area contributed by atoms with Crippen LogP contribution in [0.4, 0.5) is 5.69 Å². The van der Waals surface area contributed by atoms with Crippen molar-refractivity contribution in [3.63, 3.8) is 0 Å². The van der Waals surface area contributed by atoms with Gasteiger partial charge >= 0.3 is 0 Å². The lowest BCUT2D eigenvalue weighted by Crippen LogP contribution is -2.11. The lowest BCUT2D eigenvalue weighted by atomic mass is 10.0. The fraction of sp³-hybridized carbons (Fsp3) is 0.0357. The van der Waals surface area contributed by atoms with Gasteiger partial charge < -0.3 is 0 Å². The zero-order valence-electron chi connectivity index (χ0n) is 17.8. The second kappa shape index (κ2) is 8.20. The third-order valence-corrected chi connectivity index (χ3v) is 5.84. The first-order valence-corrected chi connectivity index (χ1v) is 10.9. The first-order valence-electron chi connectivity index (χ1n) is 10.9. The molecule has 5 aromatic rings. The molecule has 0 N–H and O–H groups in total. The van der Waals surface area contributed by atoms with Gasteiger partial charge in [0, 0.05) is 34.5 Å². The van der Waals surface area contributed by atoms with Gasteiger partial charge in [-0.3, -0.25) is 9.97 Å². The summed E-state index contributed by atoms with van der Waals surface area (Å²) in [5.74, 6) is 0. The number of hydrogen-bond acceptors (Lipinski definition) is 4. The molecule has 0 amide bonds. The predicted octanol–water partition coefficient (Wildman–Crippen LogP) is 6.48. The van der Waals surface area contributed by atoms with Crippen molar-refractivity contribution in [2.45, 2.75) is 0 Å². The highest BCUT2D eigenvalue weighted by molar-refractivity contribution is 6.02. The van der Waals surface area contributed by atoms with Gasteiger partial charge in [-0.05, 0) is 47.9 Å². The van der Waals surface area contributed by atoms with Crippen LogP contribution in [0.3, 0.4) is 0 Å². The Balaban J connectivity index is 1.24. The Morgan fingerprint density at radius 2 is 1.48 bits per heavy atom. The van der Waals surface area contributed by atoms with E-state index < -0.39 is 0 Å². The van der Waals surface area contributed by atoms with Crippen molar-refractivity contribution in [2.24, 2.45) is 10.3 Å². The molecular formula is C28H20N5+. The Labute approximate surface area is 191 Å². The van der Waals surface area contributed by atoms with Crippen molar-refractivity contribution in [3.05, 3.63) is 115 Å². The van der Waals surface area contributed by atoms with Gasteiger partial charge in [-0.25, -0.2) is 0 Å². The van der Waals surface area contributed by atoms with Crippen LogP contribution < -0.4 is 0 Å². The number of benzene rings is 3. The molecule has 0 atom stereocenters. The SMILES string of the molecule is c1ccc(-c2ccc(C3=NN=[N+](c4cccc(-c5nccc6ccccc56)c4)C3)cc2)nc1. The molecule has 3 aromatic carbocycles. The lowest BCUT2D eigenvalue weighted by Gasteiger charge is -2.07. The Morgan fingerprint density at radius 3 is 2.36 bits per heavy atom. The quantitative estimate of drug-likeness (QED) is 0.309. The molecule has 0 bridgehead atoms. The Kier molecular flexibility index (Phi) is 4.77. The van der Waals surface area contributed by atoms with Crippen LogP contribution >= 0.6 is 0 Å².